The molecule has 12 heteroatoms. The van der Waals surface area contributed by atoms with Gasteiger partial charge in [-0.1, -0.05) is 23.7 Å². The van der Waals surface area contributed by atoms with Crippen LogP contribution in [-0.4, -0.2) is 37.1 Å². The third kappa shape index (κ3) is 6.05. The lowest BCUT2D eigenvalue weighted by Gasteiger charge is -2.14. The van der Waals surface area contributed by atoms with E-state index in [0.29, 0.717) is 17.9 Å². The highest BCUT2D eigenvalue weighted by molar-refractivity contribution is 7.92. The second-order valence-corrected chi connectivity index (χ2v) is 8.77. The van der Waals surface area contributed by atoms with Crippen LogP contribution in [0.2, 0.25) is 5.02 Å². The molecular weight excluding hydrogens is 459 g/mol. The molecule has 9 nitrogen and oxygen atoms in total. The van der Waals surface area contributed by atoms with Crippen LogP contribution >= 0.6 is 11.6 Å². The van der Waals surface area contributed by atoms with Gasteiger partial charge in [-0.3, -0.25) is 9.52 Å². The molecule has 4 N–H and O–H groups in total. The van der Waals surface area contributed by atoms with Crippen molar-refractivity contribution in [3.63, 3.8) is 0 Å². The fourth-order valence-corrected chi connectivity index (χ4v) is 3.38. The second-order valence-electron chi connectivity index (χ2n) is 6.61. The molecule has 0 spiro atoms. The number of nitrogens with zero attached hydrogens (tertiary/aromatic N) is 2. The highest BCUT2D eigenvalue weighted by Gasteiger charge is 2.13. The van der Waals surface area contributed by atoms with Crippen molar-refractivity contribution in [3.05, 3.63) is 65.1 Å². The van der Waals surface area contributed by atoms with Gasteiger partial charge in [0.1, 0.15) is 10.8 Å². The zero-order valence-corrected chi connectivity index (χ0v) is 18.7. The van der Waals surface area contributed by atoms with Crippen molar-refractivity contribution in [3.8, 4) is 0 Å². The molecule has 3 rings (SSSR count). The Balaban J connectivity index is 1.84. The standard InChI is InChI=1S/C20H20ClFN6O3S/c1-3-23-19(29)12-8-9-15(14(22)10-12)26-20-24-11-13(21)18(27-20)25-16-6-4-5-7-17(16)28-32(2,30)31/h4-11,28H,3H2,1-2H3,(H,23,29)(H2,24,25,26,27). The van der Waals surface area contributed by atoms with E-state index in [1.54, 1.807) is 31.2 Å². The minimum Gasteiger partial charge on any atom is -0.352 e. The summed E-state index contributed by atoms with van der Waals surface area (Å²) in [5, 5.41) is 8.44. The SMILES string of the molecule is CCNC(=O)c1ccc(Nc2ncc(Cl)c(Nc3ccccc3NS(C)(=O)=O)n2)c(F)c1. The number of carbonyl (C=O) groups excluding carboxylic acids is 1. The van der Waals surface area contributed by atoms with Crippen LogP contribution in [0.5, 0.6) is 0 Å². The highest BCUT2D eigenvalue weighted by atomic mass is 35.5. The predicted octanol–water partition coefficient (Wildman–Crippen LogP) is 3.88. The predicted molar refractivity (Wildman–Crippen MR) is 123 cm³/mol. The van der Waals surface area contributed by atoms with E-state index in [-0.39, 0.29) is 33.9 Å². The molecule has 0 fully saturated rings. The quantitative estimate of drug-likeness (QED) is 0.387. The van der Waals surface area contributed by atoms with Gasteiger partial charge < -0.3 is 16.0 Å². The van der Waals surface area contributed by atoms with Gasteiger partial charge in [-0.25, -0.2) is 17.8 Å². The lowest BCUT2D eigenvalue weighted by Crippen LogP contribution is -2.22. The van der Waals surface area contributed by atoms with Gasteiger partial charge in [-0.05, 0) is 37.3 Å². The zero-order chi connectivity index (χ0) is 23.3. The minimum absolute atomic E-state index is 0.0371. The van der Waals surface area contributed by atoms with E-state index in [2.05, 4.69) is 30.6 Å². The van der Waals surface area contributed by atoms with Crippen molar-refractivity contribution < 1.29 is 17.6 Å². The molecule has 0 atom stereocenters. The Morgan fingerprint density at radius 3 is 2.47 bits per heavy atom. The Morgan fingerprint density at radius 2 is 1.81 bits per heavy atom. The molecule has 0 aliphatic heterocycles. The number of hydrogen-bond donors (Lipinski definition) is 4. The average Bonchev–Trinajstić information content (AvgIpc) is 2.72. The van der Waals surface area contributed by atoms with Crippen molar-refractivity contribution in [1.29, 1.82) is 0 Å². The van der Waals surface area contributed by atoms with Gasteiger partial charge >= 0.3 is 0 Å². The first-order chi connectivity index (χ1) is 15.2. The van der Waals surface area contributed by atoms with E-state index in [1.165, 1.54) is 18.3 Å². The van der Waals surface area contributed by atoms with E-state index in [0.717, 1.165) is 12.3 Å². The highest BCUT2D eigenvalue weighted by Crippen LogP contribution is 2.30. The van der Waals surface area contributed by atoms with Crippen LogP contribution in [-0.2, 0) is 10.0 Å². The van der Waals surface area contributed by atoms with Gasteiger partial charge in [0, 0.05) is 12.1 Å². The van der Waals surface area contributed by atoms with Gasteiger partial charge in [0.15, 0.2) is 5.82 Å². The van der Waals surface area contributed by atoms with Gasteiger partial charge in [-0.15, -0.1) is 0 Å². The zero-order valence-electron chi connectivity index (χ0n) is 17.1. The maximum Gasteiger partial charge on any atom is 0.251 e. The number of amides is 1. The summed E-state index contributed by atoms with van der Waals surface area (Å²) in [6.07, 6.45) is 2.35. The number of aromatic nitrogens is 2. The van der Waals surface area contributed by atoms with E-state index < -0.39 is 15.8 Å². The first kappa shape index (κ1) is 23.2. The number of anilines is 5. The fourth-order valence-electron chi connectivity index (χ4n) is 2.66. The first-order valence-electron chi connectivity index (χ1n) is 9.37. The van der Waals surface area contributed by atoms with Crippen LogP contribution in [0.25, 0.3) is 0 Å². The maximum absolute atomic E-state index is 14.5. The summed E-state index contributed by atoms with van der Waals surface area (Å²) >= 11 is 6.18. The molecule has 2 aromatic carbocycles. The van der Waals surface area contributed by atoms with Crippen molar-refractivity contribution >= 4 is 56.4 Å². The molecule has 0 saturated heterocycles. The molecule has 0 unspecified atom stereocenters. The van der Waals surface area contributed by atoms with Crippen molar-refractivity contribution in [2.24, 2.45) is 0 Å². The molecule has 32 heavy (non-hydrogen) atoms. The van der Waals surface area contributed by atoms with Gasteiger partial charge in [-0.2, -0.15) is 4.98 Å². The number of para-hydroxylation sites is 2. The summed E-state index contributed by atoms with van der Waals surface area (Å²) in [7, 11) is -3.51. The Kier molecular flexibility index (Phi) is 7.11. The maximum atomic E-state index is 14.5. The van der Waals surface area contributed by atoms with Crippen LogP contribution in [0, 0.1) is 5.82 Å². The minimum atomic E-state index is -3.51. The van der Waals surface area contributed by atoms with Gasteiger partial charge in [0.25, 0.3) is 5.91 Å². The molecule has 1 heterocycles. The topological polar surface area (TPSA) is 125 Å². The molecule has 0 bridgehead atoms. The molecule has 0 aliphatic carbocycles. The number of benzene rings is 2. The van der Waals surface area contributed by atoms with Gasteiger partial charge in [0.05, 0.1) is 29.5 Å². The Labute approximate surface area is 189 Å². The summed E-state index contributed by atoms with van der Waals surface area (Å²) in [5.74, 6) is -0.834. The van der Waals surface area contributed by atoms with Crippen LogP contribution < -0.4 is 20.7 Å². The number of nitrogens with one attached hydrogen (secondary N) is 4. The monoisotopic (exact) mass is 478 g/mol. The summed E-state index contributed by atoms with van der Waals surface area (Å²) in [6.45, 7) is 2.20. The molecule has 0 radical (unpaired) electrons. The lowest BCUT2D eigenvalue weighted by atomic mass is 10.2. The Morgan fingerprint density at radius 1 is 1.09 bits per heavy atom. The summed E-state index contributed by atoms with van der Waals surface area (Å²) in [4.78, 5) is 20.1. The normalized spacial score (nSPS) is 11.0. The molecule has 0 saturated carbocycles. The van der Waals surface area contributed by atoms with E-state index in [1.807, 2.05) is 0 Å². The number of hydrogen-bond acceptors (Lipinski definition) is 7. The van der Waals surface area contributed by atoms with E-state index >= 15 is 0 Å². The van der Waals surface area contributed by atoms with E-state index in [4.69, 9.17) is 11.6 Å². The largest absolute Gasteiger partial charge is 0.352 e. The molecule has 1 amide bonds. The van der Waals surface area contributed by atoms with Gasteiger partial charge in [0.2, 0.25) is 16.0 Å². The average molecular weight is 479 g/mol. The second kappa shape index (κ2) is 9.79. The molecule has 168 valence electrons. The summed E-state index contributed by atoms with van der Waals surface area (Å²) < 4.78 is 40.1. The third-order valence-electron chi connectivity index (χ3n) is 4.03. The number of carbonyl (C=O) groups is 1. The summed E-state index contributed by atoms with van der Waals surface area (Å²) in [6, 6.07) is 10.6. The molecule has 0 aliphatic rings. The smallest absolute Gasteiger partial charge is 0.251 e. The third-order valence-corrected chi connectivity index (χ3v) is 4.90. The van der Waals surface area contributed by atoms with Crippen molar-refractivity contribution in [2.45, 2.75) is 6.92 Å². The van der Waals surface area contributed by atoms with Crippen LogP contribution in [0.1, 0.15) is 17.3 Å². The number of sulfonamides is 1. The first-order valence-corrected chi connectivity index (χ1v) is 11.6. The van der Waals surface area contributed by atoms with Crippen molar-refractivity contribution in [2.75, 3.05) is 28.2 Å². The number of rotatable bonds is 8. The Bertz CT molecular complexity index is 1260. The molecule has 3 aromatic rings. The number of halogens is 2. The summed E-state index contributed by atoms with van der Waals surface area (Å²) in [5.41, 5.74) is 0.947. The lowest BCUT2D eigenvalue weighted by molar-refractivity contribution is 0.0955. The van der Waals surface area contributed by atoms with Crippen LogP contribution in [0.4, 0.5) is 33.2 Å². The molecular formula is C20H20ClFN6O3S. The van der Waals surface area contributed by atoms with E-state index in [9.17, 15) is 17.6 Å². The molecule has 1 aromatic heterocycles. The van der Waals surface area contributed by atoms with Crippen LogP contribution in [0.3, 0.4) is 0 Å². The van der Waals surface area contributed by atoms with Crippen LogP contribution in [0.15, 0.2) is 48.7 Å². The Hall–Kier alpha value is -3.44. The fraction of sp³-hybridized carbons (Fsp3) is 0.150. The van der Waals surface area contributed by atoms with Crippen molar-refractivity contribution in [1.82, 2.24) is 15.3 Å².